The molecule has 1 aromatic carbocycles. The fourth-order valence-corrected chi connectivity index (χ4v) is 4.16. The molecule has 0 radical (unpaired) electrons. The van der Waals surface area contributed by atoms with Crippen molar-refractivity contribution in [3.63, 3.8) is 0 Å². The summed E-state index contributed by atoms with van der Waals surface area (Å²) in [4.78, 5) is 1.33. The van der Waals surface area contributed by atoms with E-state index in [0.29, 0.717) is 0 Å². The van der Waals surface area contributed by atoms with Gasteiger partial charge in [-0.1, -0.05) is 24.6 Å². The van der Waals surface area contributed by atoms with E-state index in [2.05, 4.69) is 60.2 Å². The van der Waals surface area contributed by atoms with E-state index in [1.165, 1.54) is 25.4 Å². The first-order chi connectivity index (χ1) is 9.56. The average molecular weight is 354 g/mol. The lowest BCUT2D eigenvalue weighted by atomic mass is 9.97. The highest BCUT2D eigenvalue weighted by molar-refractivity contribution is 9.11. The van der Waals surface area contributed by atoms with Crippen LogP contribution in [0.2, 0.25) is 0 Å². The van der Waals surface area contributed by atoms with Crippen LogP contribution in [0.5, 0.6) is 5.75 Å². The van der Waals surface area contributed by atoms with E-state index < -0.39 is 0 Å². The maximum atomic E-state index is 5.55. The molecule has 0 aliphatic rings. The second-order valence-electron chi connectivity index (χ2n) is 4.80. The molecular weight excluding hydrogens is 334 g/mol. The van der Waals surface area contributed by atoms with Crippen LogP contribution in [0.1, 0.15) is 34.5 Å². The Labute approximate surface area is 133 Å². The van der Waals surface area contributed by atoms with E-state index in [1.807, 2.05) is 6.07 Å². The zero-order valence-electron chi connectivity index (χ0n) is 12.3. The third kappa shape index (κ3) is 3.25. The second-order valence-corrected chi connectivity index (χ2v) is 7.43. The van der Waals surface area contributed by atoms with E-state index in [1.54, 1.807) is 18.4 Å². The minimum Gasteiger partial charge on any atom is -0.496 e. The standard InChI is InChI=1S/C16H20BrNOS/c1-5-18-16(12-9-15(17)20-11(12)3)13-8-10(2)6-7-14(13)19-4/h6-9,16,18H,5H2,1-4H3. The van der Waals surface area contributed by atoms with E-state index in [9.17, 15) is 0 Å². The Bertz CT molecular complexity index is 594. The fourth-order valence-electron chi connectivity index (χ4n) is 2.42. The Morgan fingerprint density at radius 3 is 2.55 bits per heavy atom. The molecule has 0 fully saturated rings. The quantitative estimate of drug-likeness (QED) is 0.830. The van der Waals surface area contributed by atoms with Crippen LogP contribution in [0.15, 0.2) is 28.1 Å². The molecule has 1 N–H and O–H groups in total. The summed E-state index contributed by atoms with van der Waals surface area (Å²) in [5, 5.41) is 3.58. The number of aryl methyl sites for hydroxylation is 2. The molecule has 2 rings (SSSR count). The largest absolute Gasteiger partial charge is 0.496 e. The van der Waals surface area contributed by atoms with Gasteiger partial charge in [0.2, 0.25) is 0 Å². The van der Waals surface area contributed by atoms with Crippen molar-refractivity contribution in [2.45, 2.75) is 26.8 Å². The maximum Gasteiger partial charge on any atom is 0.124 e. The van der Waals surface area contributed by atoms with Gasteiger partial charge in [-0.05, 0) is 54.0 Å². The summed E-state index contributed by atoms with van der Waals surface area (Å²) in [5.41, 5.74) is 3.76. The van der Waals surface area contributed by atoms with Gasteiger partial charge in [0.25, 0.3) is 0 Å². The predicted molar refractivity (Wildman–Crippen MR) is 90.0 cm³/mol. The molecular formula is C16H20BrNOS. The predicted octanol–water partition coefficient (Wildman–Crippen LogP) is 4.83. The van der Waals surface area contributed by atoms with Crippen molar-refractivity contribution in [3.8, 4) is 5.75 Å². The highest BCUT2D eigenvalue weighted by Gasteiger charge is 2.21. The van der Waals surface area contributed by atoms with Crippen LogP contribution in [0.4, 0.5) is 0 Å². The van der Waals surface area contributed by atoms with Crippen LogP contribution < -0.4 is 10.1 Å². The minimum absolute atomic E-state index is 0.164. The number of thiophene rings is 1. The first-order valence-electron chi connectivity index (χ1n) is 6.70. The summed E-state index contributed by atoms with van der Waals surface area (Å²) in [6, 6.07) is 8.71. The first kappa shape index (κ1) is 15.5. The van der Waals surface area contributed by atoms with Crippen molar-refractivity contribution in [3.05, 3.63) is 49.6 Å². The molecule has 4 heteroatoms. The van der Waals surface area contributed by atoms with Gasteiger partial charge in [-0.3, -0.25) is 0 Å². The zero-order chi connectivity index (χ0) is 14.7. The lowest BCUT2D eigenvalue weighted by Crippen LogP contribution is -2.22. The van der Waals surface area contributed by atoms with Gasteiger partial charge in [0, 0.05) is 10.4 Å². The number of hydrogen-bond acceptors (Lipinski definition) is 3. The normalized spacial score (nSPS) is 12.4. The number of methoxy groups -OCH3 is 1. The summed E-state index contributed by atoms with van der Waals surface area (Å²) >= 11 is 5.36. The van der Waals surface area contributed by atoms with E-state index >= 15 is 0 Å². The van der Waals surface area contributed by atoms with Crippen molar-refractivity contribution in [1.29, 1.82) is 0 Å². The van der Waals surface area contributed by atoms with Gasteiger partial charge in [-0.15, -0.1) is 11.3 Å². The summed E-state index contributed by atoms with van der Waals surface area (Å²) in [7, 11) is 1.73. The van der Waals surface area contributed by atoms with Crippen LogP contribution in [0, 0.1) is 13.8 Å². The topological polar surface area (TPSA) is 21.3 Å². The summed E-state index contributed by atoms with van der Waals surface area (Å²) in [6.45, 7) is 7.32. The maximum absolute atomic E-state index is 5.55. The molecule has 0 amide bonds. The lowest BCUT2D eigenvalue weighted by molar-refractivity contribution is 0.404. The number of hydrogen-bond donors (Lipinski definition) is 1. The number of benzene rings is 1. The molecule has 0 saturated carbocycles. The molecule has 1 atom stereocenters. The van der Waals surface area contributed by atoms with Gasteiger partial charge >= 0.3 is 0 Å². The van der Waals surface area contributed by atoms with Gasteiger partial charge in [0.1, 0.15) is 5.75 Å². The Hall–Kier alpha value is -0.840. The number of nitrogens with one attached hydrogen (secondary N) is 1. The van der Waals surface area contributed by atoms with Crippen molar-refractivity contribution >= 4 is 27.3 Å². The zero-order valence-corrected chi connectivity index (χ0v) is 14.7. The van der Waals surface area contributed by atoms with Crippen LogP contribution in [-0.2, 0) is 0 Å². The molecule has 1 heterocycles. The number of rotatable bonds is 5. The van der Waals surface area contributed by atoms with E-state index in [4.69, 9.17) is 4.74 Å². The Morgan fingerprint density at radius 1 is 1.25 bits per heavy atom. The SMILES string of the molecule is CCNC(c1cc(C)ccc1OC)c1cc(Br)sc1C. The highest BCUT2D eigenvalue weighted by atomic mass is 79.9. The van der Waals surface area contributed by atoms with Crippen molar-refractivity contribution < 1.29 is 4.74 Å². The van der Waals surface area contributed by atoms with Gasteiger partial charge in [-0.25, -0.2) is 0 Å². The van der Waals surface area contributed by atoms with Gasteiger partial charge in [0.15, 0.2) is 0 Å². The van der Waals surface area contributed by atoms with Gasteiger partial charge in [-0.2, -0.15) is 0 Å². The van der Waals surface area contributed by atoms with Crippen molar-refractivity contribution in [2.75, 3.05) is 13.7 Å². The Balaban J connectivity index is 2.53. The van der Waals surface area contributed by atoms with Crippen LogP contribution in [-0.4, -0.2) is 13.7 Å². The van der Waals surface area contributed by atoms with Crippen LogP contribution >= 0.6 is 27.3 Å². The molecule has 0 bridgehead atoms. The number of halogens is 1. The lowest BCUT2D eigenvalue weighted by Gasteiger charge is -2.21. The smallest absolute Gasteiger partial charge is 0.124 e. The average Bonchev–Trinajstić information content (AvgIpc) is 2.75. The summed E-state index contributed by atoms with van der Waals surface area (Å²) in [6.07, 6.45) is 0. The Morgan fingerprint density at radius 2 is 2.00 bits per heavy atom. The first-order valence-corrected chi connectivity index (χ1v) is 8.31. The summed E-state index contributed by atoms with van der Waals surface area (Å²) < 4.78 is 6.71. The molecule has 2 aromatic rings. The van der Waals surface area contributed by atoms with Crippen LogP contribution in [0.25, 0.3) is 0 Å². The molecule has 20 heavy (non-hydrogen) atoms. The number of ether oxygens (including phenoxy) is 1. The minimum atomic E-state index is 0.164. The van der Waals surface area contributed by atoms with E-state index in [0.717, 1.165) is 12.3 Å². The van der Waals surface area contributed by atoms with Crippen LogP contribution in [0.3, 0.4) is 0 Å². The van der Waals surface area contributed by atoms with Crippen molar-refractivity contribution in [2.24, 2.45) is 0 Å². The highest BCUT2D eigenvalue weighted by Crippen LogP contribution is 2.37. The molecule has 1 aromatic heterocycles. The third-order valence-electron chi connectivity index (χ3n) is 3.34. The van der Waals surface area contributed by atoms with E-state index in [-0.39, 0.29) is 6.04 Å². The third-order valence-corrected chi connectivity index (χ3v) is 4.91. The fraction of sp³-hybridized carbons (Fsp3) is 0.375. The van der Waals surface area contributed by atoms with Crippen molar-refractivity contribution in [1.82, 2.24) is 5.32 Å². The summed E-state index contributed by atoms with van der Waals surface area (Å²) in [5.74, 6) is 0.934. The van der Waals surface area contributed by atoms with Gasteiger partial charge in [0.05, 0.1) is 16.9 Å². The molecule has 0 aliphatic heterocycles. The monoisotopic (exact) mass is 353 g/mol. The Kier molecular flexibility index (Phi) is 5.24. The molecule has 108 valence electrons. The molecule has 0 spiro atoms. The second kappa shape index (κ2) is 6.74. The molecule has 1 unspecified atom stereocenters. The molecule has 0 saturated heterocycles. The van der Waals surface area contributed by atoms with Gasteiger partial charge < -0.3 is 10.1 Å². The molecule has 2 nitrogen and oxygen atoms in total. The molecule has 0 aliphatic carbocycles.